The van der Waals surface area contributed by atoms with Gasteiger partial charge in [-0.3, -0.25) is 0 Å². The van der Waals surface area contributed by atoms with Crippen LogP contribution >= 0.6 is 0 Å². The Balaban J connectivity index is 1.47. The van der Waals surface area contributed by atoms with Crippen molar-refractivity contribution in [3.63, 3.8) is 0 Å². The number of oxime groups is 1. The molecule has 166 valence electrons. The molecule has 0 saturated carbocycles. The van der Waals surface area contributed by atoms with Gasteiger partial charge in [0.05, 0.1) is 6.61 Å². The lowest BCUT2D eigenvalue weighted by Gasteiger charge is -2.10. The fourth-order valence-electron chi connectivity index (χ4n) is 2.84. The predicted octanol–water partition coefficient (Wildman–Crippen LogP) is 4.30. The summed E-state index contributed by atoms with van der Waals surface area (Å²) in [5, 5.41) is 12.6. The Labute approximate surface area is 186 Å². The first-order valence-corrected chi connectivity index (χ1v) is 10.0. The number of hydrogen-bond acceptors (Lipinski definition) is 6. The van der Waals surface area contributed by atoms with Crippen LogP contribution in [0.3, 0.4) is 0 Å². The highest BCUT2D eigenvalue weighted by molar-refractivity contribution is 6.01. The molecule has 0 aliphatic carbocycles. The molecule has 7 nitrogen and oxygen atoms in total. The van der Waals surface area contributed by atoms with Gasteiger partial charge in [-0.2, -0.15) is 0 Å². The number of ether oxygens (including phenoxy) is 3. The Morgan fingerprint density at radius 1 is 0.781 bits per heavy atom. The van der Waals surface area contributed by atoms with Crippen molar-refractivity contribution < 1.29 is 28.9 Å². The van der Waals surface area contributed by atoms with Crippen molar-refractivity contribution in [2.45, 2.75) is 13.2 Å². The maximum atomic E-state index is 10.5. The monoisotopic (exact) mass is 435 g/mol. The zero-order valence-electron chi connectivity index (χ0n) is 17.8. The van der Waals surface area contributed by atoms with Crippen LogP contribution in [0.4, 0.5) is 0 Å². The lowest BCUT2D eigenvalue weighted by atomic mass is 10.1. The van der Waals surface area contributed by atoms with E-state index in [0.717, 1.165) is 28.2 Å². The molecule has 3 rings (SSSR count). The van der Waals surface area contributed by atoms with E-state index in [9.17, 15) is 4.79 Å². The van der Waals surface area contributed by atoms with E-state index in [-0.39, 0.29) is 19.8 Å². The number of rotatable bonds is 12. The Hall–Kier alpha value is -3.84. The predicted molar refractivity (Wildman–Crippen MR) is 120 cm³/mol. The molecule has 32 heavy (non-hydrogen) atoms. The molecule has 0 fully saturated rings. The van der Waals surface area contributed by atoms with E-state index >= 15 is 0 Å². The minimum Gasteiger partial charge on any atom is -0.489 e. The quantitative estimate of drug-likeness (QED) is 0.337. The lowest BCUT2D eigenvalue weighted by Crippen LogP contribution is -2.13. The van der Waals surface area contributed by atoms with Gasteiger partial charge >= 0.3 is 5.97 Å². The zero-order valence-corrected chi connectivity index (χ0v) is 17.8. The van der Waals surface area contributed by atoms with Crippen LogP contribution in [0.1, 0.15) is 16.7 Å². The molecular formula is C25H25NO6. The van der Waals surface area contributed by atoms with Crippen LogP contribution in [0.2, 0.25) is 0 Å². The van der Waals surface area contributed by atoms with Crippen molar-refractivity contribution in [3.8, 4) is 11.5 Å². The molecule has 0 saturated heterocycles. The lowest BCUT2D eigenvalue weighted by molar-refractivity contribution is -0.142. The fraction of sp³-hybridized carbons (Fsp3) is 0.200. The normalized spacial score (nSPS) is 11.1. The van der Waals surface area contributed by atoms with Crippen LogP contribution < -0.4 is 9.47 Å². The summed E-state index contributed by atoms with van der Waals surface area (Å²) in [4.78, 5) is 15.4. The van der Waals surface area contributed by atoms with Crippen molar-refractivity contribution in [2.75, 3.05) is 20.3 Å². The van der Waals surface area contributed by atoms with E-state index in [1.165, 1.54) is 7.11 Å². The Morgan fingerprint density at radius 3 is 1.97 bits per heavy atom. The number of nitrogens with zero attached hydrogens (tertiary/aromatic N) is 1. The van der Waals surface area contributed by atoms with Crippen LogP contribution in [0.5, 0.6) is 11.5 Å². The van der Waals surface area contributed by atoms with Crippen LogP contribution in [-0.2, 0) is 27.6 Å². The second kappa shape index (κ2) is 12.1. The van der Waals surface area contributed by atoms with Crippen molar-refractivity contribution in [2.24, 2.45) is 5.16 Å². The van der Waals surface area contributed by atoms with Gasteiger partial charge in [-0.25, -0.2) is 4.79 Å². The van der Waals surface area contributed by atoms with Crippen LogP contribution in [0, 0.1) is 0 Å². The Morgan fingerprint density at radius 2 is 1.38 bits per heavy atom. The third kappa shape index (κ3) is 7.45. The average molecular weight is 435 g/mol. The molecule has 0 aliphatic rings. The molecule has 0 amide bonds. The molecule has 0 aromatic heterocycles. The number of carboxylic acids is 1. The molecule has 0 bridgehead atoms. The summed E-state index contributed by atoms with van der Waals surface area (Å²) < 4.78 is 16.7. The summed E-state index contributed by atoms with van der Waals surface area (Å²) >= 11 is 0. The number of carbonyl (C=O) groups is 1. The van der Waals surface area contributed by atoms with Crippen LogP contribution in [-0.4, -0.2) is 37.1 Å². The summed E-state index contributed by atoms with van der Waals surface area (Å²) in [6, 6.07) is 24.8. The first-order chi connectivity index (χ1) is 15.6. The second-order valence-corrected chi connectivity index (χ2v) is 6.84. The van der Waals surface area contributed by atoms with Crippen molar-refractivity contribution in [1.82, 2.24) is 0 Å². The molecule has 1 N–H and O–H groups in total. The van der Waals surface area contributed by atoms with E-state index in [0.29, 0.717) is 12.3 Å². The largest absolute Gasteiger partial charge is 0.489 e. The van der Waals surface area contributed by atoms with Crippen molar-refractivity contribution >= 4 is 11.7 Å². The molecule has 0 unspecified atom stereocenters. The highest BCUT2D eigenvalue weighted by atomic mass is 16.6. The molecule has 0 spiro atoms. The summed E-state index contributed by atoms with van der Waals surface area (Å²) in [6.45, 7) is 0.631. The van der Waals surface area contributed by atoms with E-state index in [4.69, 9.17) is 24.2 Å². The molecule has 0 atom stereocenters. The maximum Gasteiger partial charge on any atom is 0.329 e. The van der Waals surface area contributed by atoms with Gasteiger partial charge in [0, 0.05) is 5.56 Å². The summed E-state index contributed by atoms with van der Waals surface area (Å²) in [6.07, 6.45) is 0. The molecule has 3 aromatic carbocycles. The second-order valence-electron chi connectivity index (χ2n) is 6.84. The van der Waals surface area contributed by atoms with Gasteiger partial charge in [0.1, 0.15) is 44.1 Å². The number of benzene rings is 3. The van der Waals surface area contributed by atoms with E-state index in [1.54, 1.807) is 0 Å². The number of aliphatic carboxylic acids is 1. The van der Waals surface area contributed by atoms with Gasteiger partial charge in [0.2, 0.25) is 0 Å². The topological polar surface area (TPSA) is 86.6 Å². The van der Waals surface area contributed by atoms with Gasteiger partial charge in [-0.15, -0.1) is 0 Å². The average Bonchev–Trinajstić information content (AvgIpc) is 2.82. The maximum absolute atomic E-state index is 10.5. The first kappa shape index (κ1) is 22.8. The Kier molecular flexibility index (Phi) is 8.65. The van der Waals surface area contributed by atoms with E-state index in [2.05, 4.69) is 5.16 Å². The third-order valence-electron chi connectivity index (χ3n) is 4.43. The highest BCUT2D eigenvalue weighted by Crippen LogP contribution is 2.17. The van der Waals surface area contributed by atoms with Crippen molar-refractivity contribution in [1.29, 1.82) is 0 Å². The summed E-state index contributed by atoms with van der Waals surface area (Å²) in [5.41, 5.74) is 3.53. The van der Waals surface area contributed by atoms with E-state index in [1.807, 2.05) is 78.9 Å². The van der Waals surface area contributed by atoms with Gasteiger partial charge in [0.15, 0.2) is 0 Å². The molecule has 7 heteroatoms. The molecule has 0 heterocycles. The molecular weight excluding hydrogens is 410 g/mol. The smallest absolute Gasteiger partial charge is 0.329 e. The Bertz CT molecular complexity index is 1000. The van der Waals surface area contributed by atoms with Crippen LogP contribution in [0.15, 0.2) is 84.0 Å². The first-order valence-electron chi connectivity index (χ1n) is 10.0. The SMILES string of the molecule is CON=C(COc1ccc(COc2ccc(COCC(=O)O)cc2)cc1)c1ccccc1. The van der Waals surface area contributed by atoms with E-state index < -0.39 is 5.97 Å². The van der Waals surface area contributed by atoms with Gasteiger partial charge in [-0.05, 0) is 35.4 Å². The fourth-order valence-corrected chi connectivity index (χ4v) is 2.84. The van der Waals surface area contributed by atoms with Crippen LogP contribution in [0.25, 0.3) is 0 Å². The molecule has 0 aliphatic heterocycles. The number of carboxylic acid groups (broad SMARTS) is 1. The molecule has 0 radical (unpaired) electrons. The standard InChI is InChI=1S/C25H25NO6/c1-29-26-24(21-5-3-2-4-6-21)17-32-23-13-9-20(10-14-23)16-31-22-11-7-19(8-12-22)15-30-18-25(27)28/h2-14H,15-18H2,1H3,(H,27,28). The summed E-state index contributed by atoms with van der Waals surface area (Å²) in [7, 11) is 1.51. The molecule has 3 aromatic rings. The summed E-state index contributed by atoms with van der Waals surface area (Å²) in [5.74, 6) is 0.455. The minimum absolute atomic E-state index is 0.245. The van der Waals surface area contributed by atoms with Crippen molar-refractivity contribution in [3.05, 3.63) is 95.6 Å². The van der Waals surface area contributed by atoms with Gasteiger partial charge < -0.3 is 24.2 Å². The third-order valence-corrected chi connectivity index (χ3v) is 4.43. The highest BCUT2D eigenvalue weighted by Gasteiger charge is 2.06. The zero-order chi connectivity index (χ0) is 22.6. The number of hydrogen-bond donors (Lipinski definition) is 1. The minimum atomic E-state index is -0.985. The van der Waals surface area contributed by atoms with Gasteiger partial charge in [-0.1, -0.05) is 59.8 Å². The van der Waals surface area contributed by atoms with Gasteiger partial charge in [0.25, 0.3) is 0 Å².